The maximum absolute atomic E-state index is 12.8. The van der Waals surface area contributed by atoms with Crippen LogP contribution in [0.5, 0.6) is 0 Å². The predicted octanol–water partition coefficient (Wildman–Crippen LogP) is 14.1. The van der Waals surface area contributed by atoms with Gasteiger partial charge in [0.15, 0.2) is 11.6 Å². The summed E-state index contributed by atoms with van der Waals surface area (Å²) in [6.45, 7) is 11.8. The molecule has 0 bridgehead atoms. The lowest BCUT2D eigenvalue weighted by molar-refractivity contribution is 0.0831. The second kappa shape index (κ2) is 29.2. The first-order valence-corrected chi connectivity index (χ1v) is 38.0. The molecule has 20 heteroatoms. The molecule has 10 heterocycles. The molecular formula is C77H106N16O4. The van der Waals surface area contributed by atoms with E-state index in [0.29, 0.717) is 48.7 Å². The lowest BCUT2D eigenvalue weighted by Crippen LogP contribution is -2.52. The van der Waals surface area contributed by atoms with Gasteiger partial charge in [-0.15, -0.1) is 0 Å². The molecule has 97 heavy (non-hydrogen) atoms. The van der Waals surface area contributed by atoms with Gasteiger partial charge >= 0.3 is 0 Å². The number of Topliss-reactive ketones (excluding diaryl/α,β-unsaturated/α-hetero) is 2. The largest absolute Gasteiger partial charge is 0.351 e. The lowest BCUT2D eigenvalue weighted by Gasteiger charge is -2.42. The number of likely N-dealkylation sites (N-methyl/N-ethyl adjacent to an activating group) is 1. The quantitative estimate of drug-likeness (QED) is 0.0906. The van der Waals surface area contributed by atoms with Crippen LogP contribution < -0.4 is 26.6 Å². The van der Waals surface area contributed by atoms with E-state index >= 15 is 0 Å². The normalized spacial score (nSPS) is 26.0. The Hall–Kier alpha value is -7.32. The molecule has 1 saturated heterocycles. The number of amides is 2. The molecule has 6 saturated carbocycles. The summed E-state index contributed by atoms with van der Waals surface area (Å²) in [6.07, 6.45) is 40.5. The molecule has 0 unspecified atom stereocenters. The van der Waals surface area contributed by atoms with Crippen LogP contribution in [0, 0.1) is 5.92 Å². The third kappa shape index (κ3) is 14.1. The molecule has 5 N–H and O–H groups in total. The van der Waals surface area contributed by atoms with Gasteiger partial charge in [-0.2, -0.15) is 15.0 Å². The maximum atomic E-state index is 12.8. The van der Waals surface area contributed by atoms with Crippen LogP contribution >= 0.6 is 0 Å². The SMILES string of the molecule is CC.CC1CCC(Nc2ncc3cc4n(c3n2)C2(CCCCC2)CCC4=O)CC1.CN1CCN(C2CCC(Nc3ncc4cc5n(c4n3)C3(CCCCC3)CCC5=O)CC2)CC1.O=C(NC1CCC(Nc2ncc3cc4n(c3n2)C2(CCCCC2)CNC4=O)CC1)c1ccccc1. The van der Waals surface area contributed by atoms with Crippen LogP contribution in [0.25, 0.3) is 33.1 Å². The van der Waals surface area contributed by atoms with E-state index < -0.39 is 0 Å². The molecule has 3 spiro atoms. The molecule has 6 aromatic heterocycles. The molecule has 6 aliphatic carbocycles. The Morgan fingerprint density at radius 1 is 0.485 bits per heavy atom. The zero-order chi connectivity index (χ0) is 66.7. The number of carbonyl (C=O) groups excluding carboxylic acids is 4. The van der Waals surface area contributed by atoms with Crippen LogP contribution in [0.1, 0.15) is 262 Å². The summed E-state index contributed by atoms with van der Waals surface area (Å²) in [5.74, 6) is 3.41. The van der Waals surface area contributed by atoms with Crippen molar-refractivity contribution in [3.05, 3.63) is 89.8 Å². The van der Waals surface area contributed by atoms with Crippen molar-refractivity contribution >= 4 is 74.3 Å². The first kappa shape index (κ1) is 66.9. The molecule has 518 valence electrons. The number of piperazine rings is 1. The average Bonchev–Trinajstić information content (AvgIpc) is 1.62. The van der Waals surface area contributed by atoms with E-state index in [1.807, 2.05) is 81.0 Å². The van der Waals surface area contributed by atoms with Crippen LogP contribution in [0.2, 0.25) is 0 Å². The molecule has 1 aromatic carbocycles. The summed E-state index contributed by atoms with van der Waals surface area (Å²) < 4.78 is 6.84. The first-order valence-electron chi connectivity index (χ1n) is 38.0. The van der Waals surface area contributed by atoms with Crippen molar-refractivity contribution in [3.8, 4) is 0 Å². The van der Waals surface area contributed by atoms with Gasteiger partial charge in [-0.1, -0.05) is 96.8 Å². The van der Waals surface area contributed by atoms with Gasteiger partial charge in [0.2, 0.25) is 17.8 Å². The minimum atomic E-state index is -0.0795. The molecule has 4 aliphatic heterocycles. The van der Waals surface area contributed by atoms with Crippen LogP contribution in [-0.4, -0.2) is 147 Å². The third-order valence-electron chi connectivity index (χ3n) is 24.3. The number of fused-ring (bicyclic) bond motifs is 12. The van der Waals surface area contributed by atoms with Crippen molar-refractivity contribution in [1.82, 2.24) is 64.0 Å². The highest BCUT2D eigenvalue weighted by Crippen LogP contribution is 2.48. The number of carbonyl (C=O) groups is 4. The van der Waals surface area contributed by atoms with Crippen LogP contribution in [-0.2, 0) is 16.6 Å². The topological polar surface area (TPSA) is 227 Å². The summed E-state index contributed by atoms with van der Waals surface area (Å²) >= 11 is 0. The van der Waals surface area contributed by atoms with Gasteiger partial charge in [0.1, 0.15) is 22.6 Å². The van der Waals surface area contributed by atoms with Gasteiger partial charge < -0.3 is 45.2 Å². The standard InChI is InChI=1S/C27H32N6O2.C26H38N6O.C22H30N4O.C2H6/c34-24(18-7-3-1-4-8-18)30-20-9-11-21(12-10-20)31-26-28-16-19-15-22-25(35)29-17-27(13-5-2-6-14-27)33(22)23(19)32-26;1-30-13-15-31(16-14-30)21-7-5-20(6-8-21)28-25-27-18-19-17-22-23(33)9-12-26(10-3-2-4-11-26)32(22)24(19)29-25;1-15-5-7-17(8-6-15)24-21-23-14-16-13-18-19(27)9-12-22(10-3-2-4-11-22)26(18)20(16)25-21;1-2/h1,3-4,7-8,15-16,20-21H,2,5-6,9-14,17H2,(H,29,35)(H,30,34)(H,28,31,32);17-18,20-21H,2-16H2,1H3,(H,27,28,29);13-15,17H,2-12H2,1H3,(H,23,24,25);1-2H3. The molecule has 7 fully saturated rings. The van der Waals surface area contributed by atoms with E-state index in [4.69, 9.17) is 15.0 Å². The predicted molar refractivity (Wildman–Crippen MR) is 384 cm³/mol. The number of benzene rings is 1. The van der Waals surface area contributed by atoms with Crippen LogP contribution in [0.4, 0.5) is 17.8 Å². The zero-order valence-corrected chi connectivity index (χ0v) is 58.3. The van der Waals surface area contributed by atoms with E-state index in [1.54, 1.807) is 0 Å². The molecule has 20 nitrogen and oxygen atoms in total. The van der Waals surface area contributed by atoms with Crippen molar-refractivity contribution in [3.63, 3.8) is 0 Å². The number of aromatic nitrogens is 9. The lowest BCUT2D eigenvalue weighted by atomic mass is 9.75. The Morgan fingerprint density at radius 2 is 0.887 bits per heavy atom. The number of nitrogens with one attached hydrogen (secondary N) is 5. The van der Waals surface area contributed by atoms with Crippen LogP contribution in [0.15, 0.2) is 67.1 Å². The van der Waals surface area contributed by atoms with Gasteiger partial charge in [0.05, 0.1) is 16.9 Å². The third-order valence-corrected chi connectivity index (χ3v) is 24.3. The summed E-state index contributed by atoms with van der Waals surface area (Å²) in [6, 6.07) is 17.5. The number of rotatable bonds is 9. The van der Waals surface area contributed by atoms with Gasteiger partial charge in [-0.25, -0.2) is 15.0 Å². The number of anilines is 3. The Balaban J connectivity index is 0.000000124. The average molecular weight is 1320 g/mol. The van der Waals surface area contributed by atoms with Gasteiger partial charge in [-0.05, 0) is 172 Å². The van der Waals surface area contributed by atoms with Crippen molar-refractivity contribution in [2.45, 2.75) is 267 Å². The fourth-order valence-electron chi connectivity index (χ4n) is 18.7. The molecule has 17 rings (SSSR count). The summed E-state index contributed by atoms with van der Waals surface area (Å²) in [7, 11) is 2.23. The first-order chi connectivity index (χ1) is 47.4. The minimum Gasteiger partial charge on any atom is -0.351 e. The number of hydrogen-bond acceptors (Lipinski definition) is 15. The second-order valence-corrected chi connectivity index (χ2v) is 30.5. The Morgan fingerprint density at radius 3 is 1.35 bits per heavy atom. The Labute approximate surface area is 572 Å². The highest BCUT2D eigenvalue weighted by Gasteiger charge is 2.45. The van der Waals surface area contributed by atoms with Gasteiger partial charge in [0.25, 0.3) is 11.8 Å². The summed E-state index contributed by atoms with van der Waals surface area (Å²) in [4.78, 5) is 84.3. The number of hydrogen-bond donors (Lipinski definition) is 5. The van der Waals surface area contributed by atoms with Crippen molar-refractivity contribution < 1.29 is 19.2 Å². The molecule has 0 atom stereocenters. The van der Waals surface area contributed by atoms with E-state index in [2.05, 4.69) is 79.0 Å². The van der Waals surface area contributed by atoms with Crippen LogP contribution in [0.3, 0.4) is 0 Å². The molecule has 7 aromatic rings. The molecule has 2 amide bonds. The monoisotopic (exact) mass is 1320 g/mol. The Kier molecular flexibility index (Phi) is 20.2. The maximum Gasteiger partial charge on any atom is 0.268 e. The fraction of sp³-hybridized carbons (Fsp3) is 0.636. The van der Waals surface area contributed by atoms with Gasteiger partial charge in [0, 0.05) is 127 Å². The van der Waals surface area contributed by atoms with E-state index in [1.165, 1.54) is 161 Å². The zero-order valence-electron chi connectivity index (χ0n) is 58.3. The number of nitrogens with zero attached hydrogens (tertiary/aromatic N) is 11. The highest BCUT2D eigenvalue weighted by atomic mass is 16.2. The summed E-state index contributed by atoms with van der Waals surface area (Å²) in [5.41, 5.74) is 5.99. The fourth-order valence-corrected chi connectivity index (χ4v) is 18.7. The van der Waals surface area contributed by atoms with E-state index in [0.717, 1.165) is 120 Å². The van der Waals surface area contributed by atoms with Gasteiger partial charge in [-0.3, -0.25) is 24.1 Å². The highest BCUT2D eigenvalue weighted by molar-refractivity contribution is 6.02. The Bertz CT molecular complexity index is 3900. The van der Waals surface area contributed by atoms with E-state index in [-0.39, 0.29) is 52.1 Å². The number of ketones is 2. The van der Waals surface area contributed by atoms with Crippen molar-refractivity contribution in [2.75, 3.05) is 55.7 Å². The summed E-state index contributed by atoms with van der Waals surface area (Å²) in [5, 5.41) is 20.0. The minimum absolute atomic E-state index is 0.00511. The van der Waals surface area contributed by atoms with Crippen molar-refractivity contribution in [1.29, 1.82) is 0 Å². The van der Waals surface area contributed by atoms with Crippen molar-refractivity contribution in [2.24, 2.45) is 5.92 Å². The molecule has 0 radical (unpaired) electrons. The van der Waals surface area contributed by atoms with E-state index in [9.17, 15) is 19.2 Å². The second-order valence-electron chi connectivity index (χ2n) is 30.5. The molecular weight excluding hydrogens is 1210 g/mol. The molecule has 10 aliphatic rings. The smallest absolute Gasteiger partial charge is 0.268 e.